The molecule has 148 valence electrons. The van der Waals surface area contributed by atoms with Crippen LogP contribution >= 0.6 is 0 Å². The second kappa shape index (κ2) is 6.13. The van der Waals surface area contributed by atoms with Gasteiger partial charge in [0, 0.05) is 30.6 Å². The van der Waals surface area contributed by atoms with E-state index in [4.69, 9.17) is 4.98 Å². The summed E-state index contributed by atoms with van der Waals surface area (Å²) < 4.78 is 30.4. The van der Waals surface area contributed by atoms with E-state index in [2.05, 4.69) is 4.57 Å². The highest BCUT2D eigenvalue weighted by atomic mass is 19.3. The third-order valence-corrected chi connectivity index (χ3v) is 7.08. The normalized spacial score (nSPS) is 28.2. The van der Waals surface area contributed by atoms with Crippen molar-refractivity contribution in [2.75, 3.05) is 13.1 Å². The van der Waals surface area contributed by atoms with E-state index >= 15 is 0 Å². The second-order valence-corrected chi connectivity index (χ2v) is 8.65. The fourth-order valence-electron chi connectivity index (χ4n) is 5.04. The van der Waals surface area contributed by atoms with Crippen molar-refractivity contribution in [3.8, 4) is 11.4 Å². The molecule has 0 bridgehead atoms. The Morgan fingerprint density at radius 1 is 1.14 bits per heavy atom. The van der Waals surface area contributed by atoms with Gasteiger partial charge in [-0.25, -0.2) is 13.8 Å². The lowest BCUT2D eigenvalue weighted by atomic mass is 9.97. The van der Waals surface area contributed by atoms with Crippen molar-refractivity contribution in [1.29, 1.82) is 0 Å². The number of carbonyl (C=O) groups is 1. The van der Waals surface area contributed by atoms with Crippen LogP contribution in [0, 0.1) is 11.3 Å². The predicted molar refractivity (Wildman–Crippen MR) is 102 cm³/mol. The summed E-state index contributed by atoms with van der Waals surface area (Å²) >= 11 is 0. The number of likely N-dealkylation sites (tertiary alicyclic amines) is 1. The van der Waals surface area contributed by atoms with Crippen LogP contribution in [-0.2, 0) is 13.0 Å². The number of benzene rings is 1. The summed E-state index contributed by atoms with van der Waals surface area (Å²) in [6.07, 6.45) is 4.39. The van der Waals surface area contributed by atoms with Crippen LogP contribution in [0.3, 0.4) is 0 Å². The Kier molecular flexibility index (Phi) is 3.90. The van der Waals surface area contributed by atoms with Gasteiger partial charge in [0.2, 0.25) is 0 Å². The molecule has 1 saturated carbocycles. The van der Waals surface area contributed by atoms with Gasteiger partial charge < -0.3 is 9.47 Å². The Bertz CT molecular complexity index is 923. The molecule has 3 heterocycles. The van der Waals surface area contributed by atoms with Crippen LogP contribution in [0.5, 0.6) is 0 Å². The molecule has 2 aromatic rings. The van der Waals surface area contributed by atoms with Gasteiger partial charge in [-0.15, -0.1) is 0 Å². The molecule has 1 aromatic heterocycles. The molecule has 4 nitrogen and oxygen atoms in total. The largest absolute Gasteiger partial charge is 0.337 e. The highest BCUT2D eigenvalue weighted by Gasteiger charge is 2.78. The molecule has 0 spiro atoms. The number of halogens is 2. The number of piperidine rings is 1. The van der Waals surface area contributed by atoms with Crippen LogP contribution in [0.2, 0.25) is 0 Å². The summed E-state index contributed by atoms with van der Waals surface area (Å²) in [4.78, 5) is 19.7. The minimum atomic E-state index is -2.65. The molecule has 0 N–H and O–H groups in total. The van der Waals surface area contributed by atoms with Crippen LogP contribution in [0.4, 0.5) is 8.78 Å². The molecule has 1 saturated heterocycles. The molecule has 2 unspecified atom stereocenters. The van der Waals surface area contributed by atoms with Crippen LogP contribution in [0.1, 0.15) is 48.8 Å². The highest BCUT2D eigenvalue weighted by Crippen LogP contribution is 2.69. The number of amides is 1. The molecule has 1 aromatic carbocycles. The number of nitrogens with zero attached hydrogens (tertiary/aromatic N) is 3. The molecular weight excluding hydrogens is 360 g/mol. The Labute approximate surface area is 163 Å². The van der Waals surface area contributed by atoms with Crippen molar-refractivity contribution >= 4 is 5.91 Å². The number of hydrogen-bond donors (Lipinski definition) is 0. The maximum Gasteiger partial charge on any atom is 0.274 e. The fourth-order valence-corrected chi connectivity index (χ4v) is 5.04. The molecule has 3 aliphatic rings. The molecule has 1 aliphatic carbocycles. The Hall–Kier alpha value is -2.24. The third kappa shape index (κ3) is 2.46. The summed E-state index contributed by atoms with van der Waals surface area (Å²) in [5.74, 6) is -2.73. The zero-order valence-electron chi connectivity index (χ0n) is 16.1. The maximum atomic E-state index is 14.1. The summed E-state index contributed by atoms with van der Waals surface area (Å²) in [5, 5.41) is 0. The highest BCUT2D eigenvalue weighted by molar-refractivity contribution is 5.94. The van der Waals surface area contributed by atoms with Crippen molar-refractivity contribution in [3.05, 3.63) is 41.7 Å². The molecule has 6 heteroatoms. The van der Waals surface area contributed by atoms with E-state index in [-0.39, 0.29) is 12.5 Å². The molecule has 2 fully saturated rings. The third-order valence-electron chi connectivity index (χ3n) is 7.08. The van der Waals surface area contributed by atoms with Gasteiger partial charge in [0.05, 0.1) is 11.6 Å². The first-order valence-electron chi connectivity index (χ1n) is 10.3. The quantitative estimate of drug-likeness (QED) is 0.769. The second-order valence-electron chi connectivity index (χ2n) is 8.65. The monoisotopic (exact) mass is 385 g/mol. The molecule has 28 heavy (non-hydrogen) atoms. The van der Waals surface area contributed by atoms with Crippen LogP contribution in [-0.4, -0.2) is 39.4 Å². The summed E-state index contributed by atoms with van der Waals surface area (Å²) in [5.41, 5.74) is 1.50. The number of carbonyl (C=O) groups excluding carboxylic acids is 1. The van der Waals surface area contributed by atoms with E-state index in [9.17, 15) is 13.6 Å². The number of rotatable bonds is 2. The van der Waals surface area contributed by atoms with Gasteiger partial charge in [-0.05, 0) is 25.7 Å². The average Bonchev–Trinajstić information content (AvgIpc) is 3.07. The van der Waals surface area contributed by atoms with E-state index in [1.54, 1.807) is 11.8 Å². The number of aromatic nitrogens is 2. The number of imidazole rings is 1. The minimum Gasteiger partial charge on any atom is -0.337 e. The number of hydrogen-bond acceptors (Lipinski definition) is 2. The van der Waals surface area contributed by atoms with Gasteiger partial charge in [0.1, 0.15) is 11.5 Å². The summed E-state index contributed by atoms with van der Waals surface area (Å²) in [6.45, 7) is 3.01. The lowest BCUT2D eigenvalue weighted by Crippen LogP contribution is -2.39. The molecule has 2 aliphatic heterocycles. The Balaban J connectivity index is 1.50. The molecule has 5 rings (SSSR count). The van der Waals surface area contributed by atoms with Crippen molar-refractivity contribution in [1.82, 2.24) is 14.5 Å². The summed E-state index contributed by atoms with van der Waals surface area (Å²) in [7, 11) is 0. The van der Waals surface area contributed by atoms with Crippen LogP contribution in [0.15, 0.2) is 30.3 Å². The van der Waals surface area contributed by atoms with E-state index in [0.29, 0.717) is 18.7 Å². The predicted octanol–water partition coefficient (Wildman–Crippen LogP) is 4.39. The van der Waals surface area contributed by atoms with E-state index in [0.717, 1.165) is 49.3 Å². The number of fused-ring (bicyclic) bond motifs is 2. The molecule has 2 atom stereocenters. The van der Waals surface area contributed by atoms with Gasteiger partial charge in [0.25, 0.3) is 11.8 Å². The van der Waals surface area contributed by atoms with E-state index in [1.807, 2.05) is 30.3 Å². The smallest absolute Gasteiger partial charge is 0.274 e. The van der Waals surface area contributed by atoms with Gasteiger partial charge in [-0.2, -0.15) is 0 Å². The molecular formula is C22H25F2N3O. The Morgan fingerprint density at radius 2 is 1.93 bits per heavy atom. The minimum absolute atomic E-state index is 0.134. The Morgan fingerprint density at radius 3 is 2.68 bits per heavy atom. The zero-order chi connectivity index (χ0) is 19.5. The lowest BCUT2D eigenvalue weighted by molar-refractivity contribution is 0.0635. The summed E-state index contributed by atoms with van der Waals surface area (Å²) in [6, 6.07) is 9.91. The van der Waals surface area contributed by atoms with Crippen molar-refractivity contribution in [2.24, 2.45) is 11.3 Å². The topological polar surface area (TPSA) is 38.1 Å². The number of alkyl halides is 2. The van der Waals surface area contributed by atoms with Crippen molar-refractivity contribution in [2.45, 2.75) is 51.5 Å². The van der Waals surface area contributed by atoms with Gasteiger partial charge in [-0.1, -0.05) is 43.7 Å². The van der Waals surface area contributed by atoms with E-state index in [1.165, 1.54) is 0 Å². The molecule has 1 amide bonds. The maximum absolute atomic E-state index is 14.1. The first-order chi connectivity index (χ1) is 13.4. The first-order valence-corrected chi connectivity index (χ1v) is 10.3. The van der Waals surface area contributed by atoms with Gasteiger partial charge in [-0.3, -0.25) is 4.79 Å². The first kappa shape index (κ1) is 17.8. The molecule has 0 radical (unpaired) electrons. The van der Waals surface area contributed by atoms with Crippen LogP contribution < -0.4 is 0 Å². The SMILES string of the molecule is CC12CCN(C(=O)c3nc(-c4ccccc4)n4c3CCCCC4)CC1C2(F)F. The van der Waals surface area contributed by atoms with E-state index < -0.39 is 17.3 Å². The van der Waals surface area contributed by atoms with Crippen LogP contribution in [0.25, 0.3) is 11.4 Å². The zero-order valence-corrected chi connectivity index (χ0v) is 16.1. The average molecular weight is 385 g/mol. The fraction of sp³-hybridized carbons (Fsp3) is 0.545. The van der Waals surface area contributed by atoms with Crippen molar-refractivity contribution in [3.63, 3.8) is 0 Å². The lowest BCUT2D eigenvalue weighted by Gasteiger charge is -2.28. The van der Waals surface area contributed by atoms with Crippen molar-refractivity contribution < 1.29 is 13.6 Å². The van der Waals surface area contributed by atoms with Gasteiger partial charge >= 0.3 is 0 Å². The standard InChI is InChI=1S/C22H25F2N3O/c1-21-11-13-26(14-17(21)22(21,23)24)20(28)18-16-10-6-3-7-12-27(16)19(25-18)15-8-4-2-5-9-15/h2,4-5,8-9,17H,3,6-7,10-14H2,1H3. The van der Waals surface area contributed by atoms with Gasteiger partial charge in [0.15, 0.2) is 0 Å².